The zero-order chi connectivity index (χ0) is 14.7. The van der Waals surface area contributed by atoms with Gasteiger partial charge in [0.25, 0.3) is 0 Å². The Morgan fingerprint density at radius 2 is 1.65 bits per heavy atom. The van der Waals surface area contributed by atoms with Crippen LogP contribution >= 0.6 is 0 Å². The smallest absolute Gasteiger partial charge is 0.123 e. The molecule has 2 aromatic carbocycles. The van der Waals surface area contributed by atoms with Gasteiger partial charge in [0.05, 0.1) is 0 Å². The largest absolute Gasteiger partial charge is 0.508 e. The lowest BCUT2D eigenvalue weighted by atomic mass is 10.00. The van der Waals surface area contributed by atoms with Crippen molar-refractivity contribution in [2.24, 2.45) is 0 Å². The Bertz CT molecular complexity index is 597. The van der Waals surface area contributed by atoms with Gasteiger partial charge in [-0.1, -0.05) is 24.3 Å². The minimum atomic E-state index is -0.338. The second-order valence-corrected chi connectivity index (χ2v) is 5.17. The molecule has 0 aliphatic rings. The molecule has 20 heavy (non-hydrogen) atoms. The summed E-state index contributed by atoms with van der Waals surface area (Å²) >= 11 is 0. The van der Waals surface area contributed by atoms with Gasteiger partial charge in [0.1, 0.15) is 11.6 Å². The summed E-state index contributed by atoms with van der Waals surface area (Å²) in [6.45, 7) is 6.05. The third-order valence-electron chi connectivity index (χ3n) is 3.61. The van der Waals surface area contributed by atoms with Gasteiger partial charge in [0.15, 0.2) is 0 Å². The predicted octanol–water partition coefficient (Wildman–Crippen LogP) is 4.25. The molecule has 0 aromatic heterocycles. The standard InChI is InChI=1S/C17H20FNO/c1-11-6-4-5-7-15(11)12(2)19-13(3)16-10-14(18)8-9-17(16)20/h4-10,12-13,19-20H,1-3H3/t12-,13?/m0/s1. The number of rotatable bonds is 4. The summed E-state index contributed by atoms with van der Waals surface area (Å²) in [6.07, 6.45) is 0. The Labute approximate surface area is 119 Å². The molecule has 0 fully saturated rings. The molecule has 2 nitrogen and oxygen atoms in total. The maximum Gasteiger partial charge on any atom is 0.123 e. The minimum Gasteiger partial charge on any atom is -0.508 e. The monoisotopic (exact) mass is 273 g/mol. The van der Waals surface area contributed by atoms with Crippen LogP contribution in [0.3, 0.4) is 0 Å². The summed E-state index contributed by atoms with van der Waals surface area (Å²) in [5.74, 6) is -0.224. The van der Waals surface area contributed by atoms with Gasteiger partial charge in [-0.05, 0) is 50.1 Å². The number of nitrogens with one attached hydrogen (secondary N) is 1. The number of hydrogen-bond donors (Lipinski definition) is 2. The van der Waals surface area contributed by atoms with E-state index in [4.69, 9.17) is 0 Å². The summed E-state index contributed by atoms with van der Waals surface area (Å²) in [6, 6.07) is 12.2. The average molecular weight is 273 g/mol. The Kier molecular flexibility index (Phi) is 4.40. The van der Waals surface area contributed by atoms with E-state index in [9.17, 15) is 9.50 Å². The highest BCUT2D eigenvalue weighted by atomic mass is 19.1. The fraction of sp³-hybridized carbons (Fsp3) is 0.294. The lowest BCUT2D eigenvalue weighted by molar-refractivity contribution is 0.435. The van der Waals surface area contributed by atoms with Crippen molar-refractivity contribution in [1.82, 2.24) is 5.32 Å². The van der Waals surface area contributed by atoms with Crippen LogP contribution in [0.5, 0.6) is 5.75 Å². The van der Waals surface area contributed by atoms with Gasteiger partial charge in [-0.15, -0.1) is 0 Å². The third-order valence-corrected chi connectivity index (χ3v) is 3.61. The number of aromatic hydroxyl groups is 1. The first kappa shape index (κ1) is 14.5. The number of benzene rings is 2. The summed E-state index contributed by atoms with van der Waals surface area (Å²) in [4.78, 5) is 0. The lowest BCUT2D eigenvalue weighted by Gasteiger charge is -2.22. The van der Waals surface area contributed by atoms with E-state index >= 15 is 0 Å². The maximum atomic E-state index is 13.3. The molecule has 0 saturated heterocycles. The zero-order valence-corrected chi connectivity index (χ0v) is 12.0. The second kappa shape index (κ2) is 6.06. The molecule has 0 bridgehead atoms. The van der Waals surface area contributed by atoms with E-state index in [1.54, 1.807) is 0 Å². The molecule has 0 spiro atoms. The molecule has 2 rings (SSSR count). The number of phenols is 1. The van der Waals surface area contributed by atoms with Gasteiger partial charge in [-0.2, -0.15) is 0 Å². The van der Waals surface area contributed by atoms with Crippen molar-refractivity contribution in [1.29, 1.82) is 0 Å². The van der Waals surface area contributed by atoms with Gasteiger partial charge >= 0.3 is 0 Å². The summed E-state index contributed by atoms with van der Waals surface area (Å²) in [7, 11) is 0. The Morgan fingerprint density at radius 3 is 2.35 bits per heavy atom. The van der Waals surface area contributed by atoms with Crippen LogP contribution in [0.4, 0.5) is 4.39 Å². The maximum absolute atomic E-state index is 13.3. The van der Waals surface area contributed by atoms with Crippen LogP contribution in [0.15, 0.2) is 42.5 Å². The van der Waals surface area contributed by atoms with E-state index in [0.717, 1.165) is 0 Å². The van der Waals surface area contributed by atoms with Gasteiger partial charge in [-0.3, -0.25) is 0 Å². The first-order valence-electron chi connectivity index (χ1n) is 6.79. The van der Waals surface area contributed by atoms with Crippen molar-refractivity contribution in [2.75, 3.05) is 0 Å². The predicted molar refractivity (Wildman–Crippen MR) is 79.2 cm³/mol. The van der Waals surface area contributed by atoms with Crippen LogP contribution in [0.2, 0.25) is 0 Å². The fourth-order valence-electron chi connectivity index (χ4n) is 2.50. The first-order valence-corrected chi connectivity index (χ1v) is 6.79. The topological polar surface area (TPSA) is 32.3 Å². The minimum absolute atomic E-state index is 0.114. The number of halogens is 1. The van der Waals surface area contributed by atoms with Crippen molar-refractivity contribution in [3.05, 3.63) is 65.0 Å². The Balaban J connectivity index is 2.17. The van der Waals surface area contributed by atoms with Crippen LogP contribution in [0.25, 0.3) is 0 Å². The third kappa shape index (κ3) is 3.17. The van der Waals surface area contributed by atoms with Crippen molar-refractivity contribution >= 4 is 0 Å². The Hall–Kier alpha value is -1.87. The number of aryl methyl sites for hydroxylation is 1. The van der Waals surface area contributed by atoms with Gasteiger partial charge in [0, 0.05) is 17.6 Å². The van der Waals surface area contributed by atoms with E-state index < -0.39 is 0 Å². The SMILES string of the molecule is Cc1ccccc1[C@H](C)NC(C)c1cc(F)ccc1O. The molecular formula is C17H20FNO. The molecule has 2 atom stereocenters. The van der Waals surface area contributed by atoms with Crippen molar-refractivity contribution in [3.8, 4) is 5.75 Å². The molecule has 0 heterocycles. The molecule has 0 aliphatic carbocycles. The number of hydrogen-bond acceptors (Lipinski definition) is 2. The van der Waals surface area contributed by atoms with Crippen molar-refractivity contribution in [2.45, 2.75) is 32.9 Å². The van der Waals surface area contributed by atoms with Crippen molar-refractivity contribution < 1.29 is 9.50 Å². The first-order chi connectivity index (χ1) is 9.49. The average Bonchev–Trinajstić information content (AvgIpc) is 2.41. The van der Waals surface area contributed by atoms with Crippen LogP contribution in [-0.4, -0.2) is 5.11 Å². The molecule has 1 unspecified atom stereocenters. The zero-order valence-electron chi connectivity index (χ0n) is 12.0. The van der Waals surface area contributed by atoms with E-state index in [1.807, 2.05) is 19.1 Å². The van der Waals surface area contributed by atoms with Crippen molar-refractivity contribution in [3.63, 3.8) is 0 Å². The molecule has 0 amide bonds. The highest BCUT2D eigenvalue weighted by Crippen LogP contribution is 2.27. The molecule has 0 radical (unpaired) electrons. The fourth-order valence-corrected chi connectivity index (χ4v) is 2.50. The molecule has 0 saturated carbocycles. The molecule has 2 aromatic rings. The lowest BCUT2D eigenvalue weighted by Crippen LogP contribution is -2.23. The summed E-state index contributed by atoms with van der Waals surface area (Å²) < 4.78 is 13.3. The Morgan fingerprint density at radius 1 is 1.00 bits per heavy atom. The molecular weight excluding hydrogens is 253 g/mol. The van der Waals surface area contributed by atoms with Crippen LogP contribution in [0.1, 0.15) is 42.6 Å². The molecule has 106 valence electrons. The van der Waals surface area contributed by atoms with Crippen LogP contribution < -0.4 is 5.32 Å². The molecule has 2 N–H and O–H groups in total. The van der Waals surface area contributed by atoms with E-state index in [0.29, 0.717) is 5.56 Å². The van der Waals surface area contributed by atoms with Gasteiger partial charge < -0.3 is 10.4 Å². The summed E-state index contributed by atoms with van der Waals surface area (Å²) in [5.41, 5.74) is 2.99. The highest BCUT2D eigenvalue weighted by Gasteiger charge is 2.15. The van der Waals surface area contributed by atoms with E-state index in [2.05, 4.69) is 31.3 Å². The van der Waals surface area contributed by atoms with E-state index in [1.165, 1.54) is 29.3 Å². The quantitative estimate of drug-likeness (QED) is 0.872. The van der Waals surface area contributed by atoms with E-state index in [-0.39, 0.29) is 23.7 Å². The van der Waals surface area contributed by atoms with Gasteiger partial charge in [0.2, 0.25) is 0 Å². The summed E-state index contributed by atoms with van der Waals surface area (Å²) in [5, 5.41) is 13.2. The van der Waals surface area contributed by atoms with Gasteiger partial charge in [-0.25, -0.2) is 4.39 Å². The van der Waals surface area contributed by atoms with Crippen LogP contribution in [-0.2, 0) is 0 Å². The van der Waals surface area contributed by atoms with Crippen LogP contribution in [0, 0.1) is 12.7 Å². The number of phenolic OH excluding ortho intramolecular Hbond substituents is 1. The highest BCUT2D eigenvalue weighted by molar-refractivity contribution is 5.35. The molecule has 0 aliphatic heterocycles. The second-order valence-electron chi connectivity index (χ2n) is 5.17. The normalized spacial score (nSPS) is 14.0. The molecule has 3 heteroatoms.